The van der Waals surface area contributed by atoms with Gasteiger partial charge in [0.15, 0.2) is 0 Å². The summed E-state index contributed by atoms with van der Waals surface area (Å²) in [5.41, 5.74) is 0.441. The molecular formula is C16H19FN2O2. The van der Waals surface area contributed by atoms with Gasteiger partial charge in [0.05, 0.1) is 11.8 Å². The van der Waals surface area contributed by atoms with E-state index in [2.05, 4.69) is 5.32 Å². The Morgan fingerprint density at radius 2 is 1.90 bits per heavy atom. The molecule has 1 saturated carbocycles. The van der Waals surface area contributed by atoms with Crippen LogP contribution in [0.15, 0.2) is 24.3 Å². The molecule has 0 radical (unpaired) electrons. The van der Waals surface area contributed by atoms with Gasteiger partial charge in [-0.2, -0.15) is 0 Å². The van der Waals surface area contributed by atoms with Gasteiger partial charge in [-0.1, -0.05) is 6.07 Å². The van der Waals surface area contributed by atoms with Crippen LogP contribution in [-0.2, 0) is 9.59 Å². The molecular weight excluding hydrogens is 271 g/mol. The number of nitrogens with one attached hydrogen (secondary N) is 1. The summed E-state index contributed by atoms with van der Waals surface area (Å²) in [7, 11) is 0. The Bertz CT molecular complexity index is 555. The Labute approximate surface area is 123 Å². The van der Waals surface area contributed by atoms with Crippen molar-refractivity contribution < 1.29 is 14.0 Å². The Kier molecular flexibility index (Phi) is 3.90. The van der Waals surface area contributed by atoms with Crippen LogP contribution in [0.5, 0.6) is 0 Å². The highest BCUT2D eigenvalue weighted by Crippen LogP contribution is 2.41. The number of carbonyl (C=O) groups excluding carboxylic acids is 2. The molecule has 2 unspecified atom stereocenters. The molecule has 3 rings (SSSR count). The summed E-state index contributed by atoms with van der Waals surface area (Å²) in [5, 5.41) is 2.68. The summed E-state index contributed by atoms with van der Waals surface area (Å²) in [6.45, 7) is 1.63. The second-order valence-corrected chi connectivity index (χ2v) is 5.83. The van der Waals surface area contributed by atoms with Crippen LogP contribution >= 0.6 is 0 Å². The van der Waals surface area contributed by atoms with Gasteiger partial charge in [0.2, 0.25) is 11.8 Å². The highest BCUT2D eigenvalue weighted by atomic mass is 19.1. The van der Waals surface area contributed by atoms with Crippen LogP contribution in [0, 0.1) is 17.7 Å². The molecule has 5 heteroatoms. The van der Waals surface area contributed by atoms with Crippen molar-refractivity contribution in [2.24, 2.45) is 11.8 Å². The maximum atomic E-state index is 13.1. The molecule has 112 valence electrons. The third-order valence-corrected chi connectivity index (χ3v) is 4.20. The number of hydrogen-bond donors (Lipinski definition) is 1. The minimum Gasteiger partial charge on any atom is -0.342 e. The van der Waals surface area contributed by atoms with Gasteiger partial charge in [-0.15, -0.1) is 0 Å². The van der Waals surface area contributed by atoms with Crippen molar-refractivity contribution in [3.63, 3.8) is 0 Å². The molecule has 1 aromatic carbocycles. The first-order valence-electron chi connectivity index (χ1n) is 7.50. The molecule has 1 saturated heterocycles. The summed E-state index contributed by atoms with van der Waals surface area (Å²) >= 11 is 0. The summed E-state index contributed by atoms with van der Waals surface area (Å²) in [6.07, 6.45) is 3.89. The van der Waals surface area contributed by atoms with Crippen molar-refractivity contribution in [3.05, 3.63) is 30.1 Å². The average Bonchev–Trinajstić information content (AvgIpc) is 3.28. The number of rotatable bonds is 3. The van der Waals surface area contributed by atoms with Gasteiger partial charge in [0.1, 0.15) is 5.82 Å². The molecule has 1 aromatic rings. The van der Waals surface area contributed by atoms with Crippen molar-refractivity contribution in [2.75, 3.05) is 18.4 Å². The van der Waals surface area contributed by atoms with E-state index in [-0.39, 0.29) is 29.5 Å². The van der Waals surface area contributed by atoms with Crippen molar-refractivity contribution >= 4 is 17.5 Å². The maximum absolute atomic E-state index is 13.1. The van der Waals surface area contributed by atoms with Gasteiger partial charge >= 0.3 is 0 Å². The van der Waals surface area contributed by atoms with Crippen molar-refractivity contribution in [3.8, 4) is 0 Å². The third kappa shape index (κ3) is 3.23. The molecule has 1 aliphatic carbocycles. The number of benzene rings is 1. The minimum atomic E-state index is -0.385. The largest absolute Gasteiger partial charge is 0.342 e. The molecule has 1 heterocycles. The number of piperidine rings is 1. The van der Waals surface area contributed by atoms with Crippen LogP contribution in [-0.4, -0.2) is 29.8 Å². The number of carbonyl (C=O) groups is 2. The van der Waals surface area contributed by atoms with E-state index >= 15 is 0 Å². The van der Waals surface area contributed by atoms with Gasteiger partial charge < -0.3 is 10.2 Å². The lowest BCUT2D eigenvalue weighted by atomic mass is 10.1. The molecule has 0 bridgehead atoms. The number of nitrogens with zero attached hydrogens (tertiary/aromatic N) is 1. The smallest absolute Gasteiger partial charge is 0.228 e. The fourth-order valence-electron chi connectivity index (χ4n) is 2.91. The van der Waals surface area contributed by atoms with Crippen molar-refractivity contribution in [1.82, 2.24) is 4.90 Å². The molecule has 2 fully saturated rings. The lowest BCUT2D eigenvalue weighted by molar-refractivity contribution is -0.134. The number of amides is 2. The summed E-state index contributed by atoms with van der Waals surface area (Å²) < 4.78 is 13.1. The predicted octanol–water partition coefficient (Wildman–Crippen LogP) is 2.41. The normalized spacial score (nSPS) is 24.5. The Hall–Kier alpha value is -1.91. The molecule has 2 amide bonds. The Morgan fingerprint density at radius 3 is 2.62 bits per heavy atom. The number of halogens is 1. The first kappa shape index (κ1) is 14.0. The van der Waals surface area contributed by atoms with Crippen LogP contribution in [0.3, 0.4) is 0 Å². The average molecular weight is 290 g/mol. The molecule has 4 nitrogen and oxygen atoms in total. The van der Waals surface area contributed by atoms with E-state index in [1.807, 2.05) is 4.90 Å². The fraction of sp³-hybridized carbons (Fsp3) is 0.500. The van der Waals surface area contributed by atoms with Gasteiger partial charge in [0, 0.05) is 18.8 Å². The summed E-state index contributed by atoms with van der Waals surface area (Å²) in [6, 6.07) is 5.80. The number of likely N-dealkylation sites (tertiary alicyclic amines) is 1. The van der Waals surface area contributed by atoms with E-state index in [0.29, 0.717) is 12.1 Å². The van der Waals surface area contributed by atoms with Crippen LogP contribution in [0.1, 0.15) is 25.7 Å². The van der Waals surface area contributed by atoms with Crippen LogP contribution in [0.2, 0.25) is 0 Å². The second kappa shape index (κ2) is 5.84. The van der Waals surface area contributed by atoms with E-state index < -0.39 is 0 Å². The SMILES string of the molecule is O=C(Nc1cccc(F)c1)C1CC1C(=O)N1CCCCC1. The molecule has 21 heavy (non-hydrogen) atoms. The monoisotopic (exact) mass is 290 g/mol. The zero-order chi connectivity index (χ0) is 14.8. The first-order chi connectivity index (χ1) is 10.1. The van der Waals surface area contributed by atoms with E-state index in [4.69, 9.17) is 0 Å². The van der Waals surface area contributed by atoms with Crippen LogP contribution in [0.4, 0.5) is 10.1 Å². The summed E-state index contributed by atoms with van der Waals surface area (Å²) in [5.74, 6) is -0.908. The Balaban J connectivity index is 1.54. The standard InChI is InChI=1S/C16H19FN2O2/c17-11-5-4-6-12(9-11)18-15(20)13-10-14(13)16(21)19-7-2-1-3-8-19/h4-6,9,13-14H,1-3,7-8,10H2,(H,18,20). The van der Waals surface area contributed by atoms with Gasteiger partial charge in [-0.3, -0.25) is 9.59 Å². The number of anilines is 1. The minimum absolute atomic E-state index is 0.106. The second-order valence-electron chi connectivity index (χ2n) is 5.83. The van der Waals surface area contributed by atoms with E-state index in [1.54, 1.807) is 12.1 Å². The molecule has 0 spiro atoms. The predicted molar refractivity (Wildman–Crippen MR) is 77.1 cm³/mol. The lowest BCUT2D eigenvalue weighted by Gasteiger charge is -2.26. The molecule has 0 aromatic heterocycles. The van der Waals surface area contributed by atoms with Gasteiger partial charge in [0.25, 0.3) is 0 Å². The van der Waals surface area contributed by atoms with Crippen LogP contribution < -0.4 is 5.32 Å². The van der Waals surface area contributed by atoms with E-state index in [1.165, 1.54) is 18.6 Å². The zero-order valence-corrected chi connectivity index (χ0v) is 11.8. The first-order valence-corrected chi connectivity index (χ1v) is 7.50. The highest BCUT2D eigenvalue weighted by Gasteiger charge is 2.49. The van der Waals surface area contributed by atoms with Crippen LogP contribution in [0.25, 0.3) is 0 Å². The lowest BCUT2D eigenvalue weighted by Crippen LogP contribution is -2.37. The number of hydrogen-bond acceptors (Lipinski definition) is 2. The van der Waals surface area contributed by atoms with E-state index in [9.17, 15) is 14.0 Å². The molecule has 1 N–H and O–H groups in total. The quantitative estimate of drug-likeness (QED) is 0.929. The van der Waals surface area contributed by atoms with Gasteiger partial charge in [-0.25, -0.2) is 4.39 Å². The zero-order valence-electron chi connectivity index (χ0n) is 11.8. The summed E-state index contributed by atoms with van der Waals surface area (Å²) in [4.78, 5) is 26.2. The topological polar surface area (TPSA) is 49.4 Å². The highest BCUT2D eigenvalue weighted by molar-refractivity contribution is 5.99. The molecule has 2 atom stereocenters. The molecule has 1 aliphatic heterocycles. The van der Waals surface area contributed by atoms with E-state index in [0.717, 1.165) is 25.9 Å². The van der Waals surface area contributed by atoms with Gasteiger partial charge in [-0.05, 0) is 43.9 Å². The fourth-order valence-corrected chi connectivity index (χ4v) is 2.91. The maximum Gasteiger partial charge on any atom is 0.228 e. The van der Waals surface area contributed by atoms with Crippen molar-refractivity contribution in [1.29, 1.82) is 0 Å². The Morgan fingerprint density at radius 1 is 1.14 bits per heavy atom. The molecule has 2 aliphatic rings. The van der Waals surface area contributed by atoms with Crippen molar-refractivity contribution in [2.45, 2.75) is 25.7 Å². The third-order valence-electron chi connectivity index (χ3n) is 4.20.